The molecule has 0 spiro atoms. The molecule has 0 aromatic rings. The zero-order valence-corrected chi connectivity index (χ0v) is 14.1. The van der Waals surface area contributed by atoms with Crippen molar-refractivity contribution in [2.75, 3.05) is 19.3 Å². The van der Waals surface area contributed by atoms with Gasteiger partial charge in [-0.3, -0.25) is 4.90 Å². The molecule has 1 rings (SSSR count). The van der Waals surface area contributed by atoms with Crippen molar-refractivity contribution in [3.63, 3.8) is 0 Å². The average Bonchev–Trinajstić information content (AvgIpc) is 2.41. The maximum Gasteiger partial charge on any atom is 0.150 e. The normalized spacial score (nSPS) is 24.7. The quantitative estimate of drug-likeness (QED) is 0.320. The van der Waals surface area contributed by atoms with Crippen LogP contribution in [0, 0.1) is 5.92 Å². The van der Waals surface area contributed by atoms with Crippen LogP contribution in [0.25, 0.3) is 0 Å². The third-order valence-electron chi connectivity index (χ3n) is 4.10. The van der Waals surface area contributed by atoms with Crippen LogP contribution in [0.15, 0.2) is 5.16 Å². The molecule has 0 amide bonds. The van der Waals surface area contributed by atoms with E-state index in [0.717, 1.165) is 25.8 Å². The summed E-state index contributed by atoms with van der Waals surface area (Å²) in [5, 5.41) is 11.4. The lowest BCUT2D eigenvalue weighted by Crippen LogP contribution is -2.44. The van der Waals surface area contributed by atoms with E-state index in [0.29, 0.717) is 25.3 Å². The highest BCUT2D eigenvalue weighted by atomic mass is 32.2. The van der Waals surface area contributed by atoms with E-state index in [1.807, 2.05) is 0 Å². The second kappa shape index (κ2) is 7.98. The van der Waals surface area contributed by atoms with E-state index >= 15 is 0 Å². The number of hydrogen-bond acceptors (Lipinski definition) is 5. The number of oxime groups is 1. The van der Waals surface area contributed by atoms with Crippen molar-refractivity contribution in [2.45, 2.75) is 57.2 Å². The smallest absolute Gasteiger partial charge is 0.150 e. The number of rotatable bonds is 7. The summed E-state index contributed by atoms with van der Waals surface area (Å²) in [5.74, 6) is 0.718. The molecule has 1 fully saturated rings. The molecule has 0 radical (unpaired) electrons. The Morgan fingerprint density at radius 1 is 1.43 bits per heavy atom. The highest BCUT2D eigenvalue weighted by Crippen LogP contribution is 2.28. The fourth-order valence-electron chi connectivity index (χ4n) is 3.04. The van der Waals surface area contributed by atoms with E-state index in [1.165, 1.54) is 6.26 Å². The third-order valence-corrected chi connectivity index (χ3v) is 5.74. The molecular weight excluding hydrogens is 290 g/mol. The predicted octanol–water partition coefficient (Wildman–Crippen LogP) is 1.44. The topological polar surface area (TPSA) is 96.0 Å². The van der Waals surface area contributed by atoms with Crippen molar-refractivity contribution in [1.29, 1.82) is 0 Å². The fourth-order valence-corrected chi connectivity index (χ4v) is 4.21. The van der Waals surface area contributed by atoms with Gasteiger partial charge in [0.1, 0.15) is 15.7 Å². The van der Waals surface area contributed by atoms with Crippen LogP contribution in [0.4, 0.5) is 0 Å². The van der Waals surface area contributed by atoms with Crippen molar-refractivity contribution in [2.24, 2.45) is 16.8 Å². The molecule has 0 heterocycles. The maximum atomic E-state index is 11.8. The third kappa shape index (κ3) is 6.22. The zero-order chi connectivity index (χ0) is 16.0. The molecule has 1 aliphatic carbocycles. The first-order valence-electron chi connectivity index (χ1n) is 7.63. The molecule has 0 bridgehead atoms. The van der Waals surface area contributed by atoms with Crippen LogP contribution in [-0.4, -0.2) is 55.0 Å². The van der Waals surface area contributed by atoms with Gasteiger partial charge in [-0.25, -0.2) is 8.42 Å². The molecular formula is C14H29N3O3S. The number of hydrogen-bond donors (Lipinski definition) is 2. The van der Waals surface area contributed by atoms with Gasteiger partial charge in [0.25, 0.3) is 0 Å². The Hall–Kier alpha value is -0.820. The average molecular weight is 319 g/mol. The summed E-state index contributed by atoms with van der Waals surface area (Å²) in [6.45, 7) is 5.90. The van der Waals surface area contributed by atoms with Gasteiger partial charge in [0, 0.05) is 31.8 Å². The molecule has 0 saturated heterocycles. The van der Waals surface area contributed by atoms with Gasteiger partial charge in [-0.2, -0.15) is 0 Å². The van der Waals surface area contributed by atoms with Gasteiger partial charge in [-0.1, -0.05) is 25.4 Å². The van der Waals surface area contributed by atoms with Crippen molar-refractivity contribution in [1.82, 2.24) is 4.90 Å². The van der Waals surface area contributed by atoms with E-state index in [2.05, 4.69) is 23.9 Å². The van der Waals surface area contributed by atoms with Crippen LogP contribution in [0.2, 0.25) is 0 Å². The molecule has 0 aromatic heterocycles. The summed E-state index contributed by atoms with van der Waals surface area (Å²) in [5.41, 5.74) is 5.56. The van der Waals surface area contributed by atoms with E-state index in [4.69, 9.17) is 10.9 Å². The Morgan fingerprint density at radius 3 is 2.62 bits per heavy atom. The summed E-state index contributed by atoms with van der Waals surface area (Å²) in [4.78, 5) is 2.31. The molecule has 0 aromatic carbocycles. The van der Waals surface area contributed by atoms with Gasteiger partial charge in [0.2, 0.25) is 0 Å². The number of nitrogens with two attached hydrogens (primary N) is 1. The number of nitrogens with zero attached hydrogens (tertiary/aromatic N) is 2. The summed E-state index contributed by atoms with van der Waals surface area (Å²) >= 11 is 0. The molecule has 7 heteroatoms. The molecule has 2 unspecified atom stereocenters. The van der Waals surface area contributed by atoms with Gasteiger partial charge in [-0.05, 0) is 25.2 Å². The molecule has 1 aliphatic rings. The van der Waals surface area contributed by atoms with Gasteiger partial charge in [0.15, 0.2) is 0 Å². The highest BCUT2D eigenvalue weighted by molar-refractivity contribution is 7.91. The lowest BCUT2D eigenvalue weighted by molar-refractivity contribution is 0.144. The molecule has 124 valence electrons. The van der Waals surface area contributed by atoms with Crippen LogP contribution in [0.3, 0.4) is 0 Å². The van der Waals surface area contributed by atoms with E-state index in [-0.39, 0.29) is 17.1 Å². The first-order chi connectivity index (χ1) is 9.74. The summed E-state index contributed by atoms with van der Waals surface area (Å²) in [6, 6.07) is 0.271. The molecule has 0 aliphatic heterocycles. The lowest BCUT2D eigenvalue weighted by Gasteiger charge is -2.38. The number of sulfone groups is 1. The minimum Gasteiger partial charge on any atom is -0.409 e. The first-order valence-corrected chi connectivity index (χ1v) is 9.58. The first kappa shape index (κ1) is 18.2. The standard InChI is InChI=1S/C14H29N3O3S/c1-11(2)10-17(8-7-14(15)16-18)12-5-4-6-13(9-12)21(3,19)20/h11-13,18H,4-10H2,1-3H3,(H2,15,16). The SMILES string of the molecule is CC(C)CN(CCC(N)=NO)C1CCCC(S(C)(=O)=O)C1. The Kier molecular flexibility index (Phi) is 6.93. The second-order valence-electron chi connectivity index (χ2n) is 6.50. The predicted molar refractivity (Wildman–Crippen MR) is 85.3 cm³/mol. The molecule has 6 nitrogen and oxygen atoms in total. The van der Waals surface area contributed by atoms with Crippen molar-refractivity contribution >= 4 is 15.7 Å². The van der Waals surface area contributed by atoms with Gasteiger partial charge in [-0.15, -0.1) is 0 Å². The Morgan fingerprint density at radius 2 is 2.10 bits per heavy atom. The minimum absolute atomic E-state index is 0.222. The van der Waals surface area contributed by atoms with E-state index in [1.54, 1.807) is 0 Å². The van der Waals surface area contributed by atoms with Crippen LogP contribution in [0.1, 0.15) is 46.0 Å². The Labute approximate surface area is 128 Å². The zero-order valence-electron chi connectivity index (χ0n) is 13.3. The largest absolute Gasteiger partial charge is 0.409 e. The van der Waals surface area contributed by atoms with E-state index < -0.39 is 9.84 Å². The Balaban J connectivity index is 2.72. The van der Waals surface area contributed by atoms with Gasteiger partial charge < -0.3 is 10.9 Å². The molecule has 2 atom stereocenters. The van der Waals surface area contributed by atoms with Crippen molar-refractivity contribution < 1.29 is 13.6 Å². The monoisotopic (exact) mass is 319 g/mol. The lowest BCUT2D eigenvalue weighted by atomic mass is 9.93. The van der Waals surface area contributed by atoms with Crippen molar-refractivity contribution in [3.05, 3.63) is 0 Å². The van der Waals surface area contributed by atoms with Gasteiger partial charge in [0.05, 0.1) is 5.25 Å². The number of amidine groups is 1. The molecule has 21 heavy (non-hydrogen) atoms. The summed E-state index contributed by atoms with van der Waals surface area (Å²) in [7, 11) is -2.97. The summed E-state index contributed by atoms with van der Waals surface area (Å²) in [6.07, 6.45) is 5.27. The fraction of sp³-hybridized carbons (Fsp3) is 0.929. The highest BCUT2D eigenvalue weighted by Gasteiger charge is 2.32. The molecule has 3 N–H and O–H groups in total. The minimum atomic E-state index is -2.97. The van der Waals surface area contributed by atoms with Crippen LogP contribution >= 0.6 is 0 Å². The van der Waals surface area contributed by atoms with Crippen molar-refractivity contribution in [3.8, 4) is 0 Å². The second-order valence-corrected chi connectivity index (χ2v) is 8.83. The summed E-state index contributed by atoms with van der Waals surface area (Å²) < 4.78 is 23.6. The Bertz CT molecular complexity index is 448. The van der Waals surface area contributed by atoms with Crippen LogP contribution in [0.5, 0.6) is 0 Å². The van der Waals surface area contributed by atoms with E-state index in [9.17, 15) is 8.42 Å². The maximum absolute atomic E-state index is 11.8. The van der Waals surface area contributed by atoms with Crippen LogP contribution < -0.4 is 5.73 Å². The van der Waals surface area contributed by atoms with Crippen LogP contribution in [-0.2, 0) is 9.84 Å². The van der Waals surface area contributed by atoms with Gasteiger partial charge >= 0.3 is 0 Å². The molecule has 1 saturated carbocycles.